The van der Waals surface area contributed by atoms with E-state index in [2.05, 4.69) is 25.1 Å². The van der Waals surface area contributed by atoms with Crippen LogP contribution in [0.1, 0.15) is 37.7 Å². The Hall–Kier alpha value is -2.16. The molecule has 1 aromatic rings. The van der Waals surface area contributed by atoms with E-state index < -0.39 is 24.1 Å². The summed E-state index contributed by atoms with van der Waals surface area (Å²) >= 11 is 0. The molecule has 1 aliphatic carbocycles. The van der Waals surface area contributed by atoms with Gasteiger partial charge in [0.2, 0.25) is 0 Å². The number of nitrogens with two attached hydrogens (primary N) is 1. The Morgan fingerprint density at radius 1 is 1.16 bits per heavy atom. The zero-order valence-electron chi connectivity index (χ0n) is 13.8. The van der Waals surface area contributed by atoms with Gasteiger partial charge < -0.3 is 30.9 Å². The molecule has 0 spiro atoms. The summed E-state index contributed by atoms with van der Waals surface area (Å²) in [6, 6.07) is 8.68. The molecule has 0 radical (unpaired) electrons. The van der Waals surface area contributed by atoms with Gasteiger partial charge in [-0.1, -0.05) is 18.2 Å². The molecule has 5 atom stereocenters. The highest BCUT2D eigenvalue weighted by Gasteiger charge is 2.42. The zero-order chi connectivity index (χ0) is 18.8. The standard InChI is InChI=1S/C13H17NO.C4H6O6/c1-13-7-9(6-10(14)8-13)11-4-2-3-5-12(11)15-13;5-1(3(7)8)2(6)4(9)10/h2-5,9-10H,6-8,14H2,1H3;1-2,5-6H,(H,7,8)(H,9,10). The van der Waals surface area contributed by atoms with Crippen molar-refractivity contribution in [3.8, 4) is 5.75 Å². The van der Waals surface area contributed by atoms with Crippen LogP contribution in [0.15, 0.2) is 24.3 Å². The van der Waals surface area contributed by atoms with Gasteiger partial charge in [0.15, 0.2) is 12.2 Å². The first-order valence-electron chi connectivity index (χ1n) is 7.98. The van der Waals surface area contributed by atoms with Crippen LogP contribution in [0, 0.1) is 0 Å². The number of carboxylic acid groups (broad SMARTS) is 2. The summed E-state index contributed by atoms with van der Waals surface area (Å²) in [6.07, 6.45) is -1.32. The third kappa shape index (κ3) is 4.47. The highest BCUT2D eigenvalue weighted by molar-refractivity contribution is 5.83. The smallest absolute Gasteiger partial charge is 0.335 e. The van der Waals surface area contributed by atoms with Gasteiger partial charge in [-0.2, -0.15) is 0 Å². The van der Waals surface area contributed by atoms with Crippen LogP contribution in [0.4, 0.5) is 0 Å². The Labute approximate surface area is 144 Å². The molecule has 3 rings (SSSR count). The van der Waals surface area contributed by atoms with Crippen LogP contribution in [0.2, 0.25) is 0 Å². The van der Waals surface area contributed by atoms with E-state index in [4.69, 9.17) is 30.9 Å². The van der Waals surface area contributed by atoms with Gasteiger partial charge in [-0.05, 0) is 37.3 Å². The maximum Gasteiger partial charge on any atom is 0.335 e. The molecule has 2 aliphatic rings. The zero-order valence-corrected chi connectivity index (χ0v) is 13.8. The van der Waals surface area contributed by atoms with Crippen molar-refractivity contribution < 1.29 is 34.8 Å². The Morgan fingerprint density at radius 3 is 2.28 bits per heavy atom. The highest BCUT2D eigenvalue weighted by atomic mass is 16.5. The van der Waals surface area contributed by atoms with Crippen molar-refractivity contribution in [1.82, 2.24) is 0 Å². The second-order valence-electron chi connectivity index (χ2n) is 6.76. The van der Waals surface area contributed by atoms with Crippen molar-refractivity contribution in [3.63, 3.8) is 0 Å². The first-order valence-corrected chi connectivity index (χ1v) is 7.98. The van der Waals surface area contributed by atoms with Crippen LogP contribution in [-0.2, 0) is 9.59 Å². The third-order valence-corrected chi connectivity index (χ3v) is 4.48. The van der Waals surface area contributed by atoms with Gasteiger partial charge in [0, 0.05) is 12.5 Å². The number of aliphatic hydroxyl groups excluding tert-OH is 2. The summed E-state index contributed by atoms with van der Waals surface area (Å²) in [4.78, 5) is 19.5. The molecule has 2 bridgehead atoms. The van der Waals surface area contributed by atoms with Gasteiger partial charge in [-0.25, -0.2) is 9.59 Å². The average molecular weight is 353 g/mol. The number of para-hydroxylation sites is 1. The number of hydrogen-bond acceptors (Lipinski definition) is 6. The number of carboxylic acids is 2. The maximum absolute atomic E-state index is 9.77. The van der Waals surface area contributed by atoms with Gasteiger partial charge in [0.25, 0.3) is 0 Å². The molecular weight excluding hydrogens is 330 g/mol. The number of aliphatic hydroxyl groups is 2. The first-order chi connectivity index (χ1) is 11.6. The molecule has 1 aromatic carbocycles. The summed E-state index contributed by atoms with van der Waals surface area (Å²) in [5.41, 5.74) is 7.41. The lowest BCUT2D eigenvalue weighted by atomic mass is 9.72. The quantitative estimate of drug-likeness (QED) is 0.521. The molecule has 6 N–H and O–H groups in total. The van der Waals surface area contributed by atoms with Crippen LogP contribution in [-0.4, -0.2) is 56.2 Å². The van der Waals surface area contributed by atoms with Crippen LogP contribution >= 0.6 is 0 Å². The molecule has 0 amide bonds. The monoisotopic (exact) mass is 353 g/mol. The maximum atomic E-state index is 9.77. The van der Waals surface area contributed by atoms with E-state index in [0.29, 0.717) is 12.0 Å². The summed E-state index contributed by atoms with van der Waals surface area (Å²) < 4.78 is 6.08. The lowest BCUT2D eigenvalue weighted by molar-refractivity contribution is -0.165. The first kappa shape index (κ1) is 19.2. The molecule has 1 saturated carbocycles. The number of carbonyl (C=O) groups is 2. The van der Waals surface area contributed by atoms with Crippen molar-refractivity contribution in [2.75, 3.05) is 0 Å². The SMILES string of the molecule is CC12CC(N)CC(C1)c1ccccc1O2.O=C(O)C(O)C(O)C(=O)O. The number of aliphatic carboxylic acids is 2. The third-order valence-electron chi connectivity index (χ3n) is 4.48. The molecule has 5 unspecified atom stereocenters. The van der Waals surface area contributed by atoms with E-state index in [1.807, 2.05) is 6.07 Å². The van der Waals surface area contributed by atoms with Crippen LogP contribution in [0.3, 0.4) is 0 Å². The van der Waals surface area contributed by atoms with Crippen LogP contribution in [0.25, 0.3) is 0 Å². The van der Waals surface area contributed by atoms with E-state index in [0.717, 1.165) is 25.0 Å². The van der Waals surface area contributed by atoms with Crippen molar-refractivity contribution in [2.45, 2.75) is 56.0 Å². The summed E-state index contributed by atoms with van der Waals surface area (Å²) in [5.74, 6) is -1.86. The highest BCUT2D eigenvalue weighted by Crippen LogP contribution is 2.48. The molecule has 1 fully saturated rings. The molecule has 25 heavy (non-hydrogen) atoms. The number of hydrogen-bond donors (Lipinski definition) is 5. The minimum absolute atomic E-state index is 0.0311. The predicted octanol–water partition coefficient (Wildman–Crippen LogP) is 0.310. The molecule has 1 heterocycles. The minimum Gasteiger partial charge on any atom is -0.487 e. The van der Waals surface area contributed by atoms with Gasteiger partial charge in [0.05, 0.1) is 0 Å². The number of ether oxygens (including phenoxy) is 1. The molecule has 8 nitrogen and oxygen atoms in total. The Balaban J connectivity index is 0.000000199. The van der Waals surface area contributed by atoms with Crippen molar-refractivity contribution in [2.24, 2.45) is 5.73 Å². The summed E-state index contributed by atoms with van der Waals surface area (Å²) in [6.45, 7) is 2.19. The van der Waals surface area contributed by atoms with Gasteiger partial charge in [0.1, 0.15) is 11.4 Å². The fourth-order valence-electron chi connectivity index (χ4n) is 3.46. The van der Waals surface area contributed by atoms with Crippen molar-refractivity contribution in [3.05, 3.63) is 29.8 Å². The van der Waals surface area contributed by atoms with Gasteiger partial charge >= 0.3 is 11.9 Å². The van der Waals surface area contributed by atoms with E-state index >= 15 is 0 Å². The Morgan fingerprint density at radius 2 is 1.72 bits per heavy atom. The predicted molar refractivity (Wildman–Crippen MR) is 87.3 cm³/mol. The fraction of sp³-hybridized carbons (Fsp3) is 0.529. The topological polar surface area (TPSA) is 150 Å². The Bertz CT molecular complexity index is 632. The summed E-state index contributed by atoms with van der Waals surface area (Å²) in [5, 5.41) is 32.5. The molecule has 8 heteroatoms. The molecule has 138 valence electrons. The second kappa shape index (κ2) is 7.38. The van der Waals surface area contributed by atoms with E-state index in [1.165, 1.54) is 5.56 Å². The van der Waals surface area contributed by atoms with Crippen LogP contribution < -0.4 is 10.5 Å². The van der Waals surface area contributed by atoms with Gasteiger partial charge in [-0.15, -0.1) is 0 Å². The van der Waals surface area contributed by atoms with E-state index in [-0.39, 0.29) is 5.60 Å². The minimum atomic E-state index is -2.27. The molecule has 0 aromatic heterocycles. The average Bonchev–Trinajstić information content (AvgIpc) is 2.52. The van der Waals surface area contributed by atoms with Crippen molar-refractivity contribution >= 4 is 11.9 Å². The van der Waals surface area contributed by atoms with E-state index in [1.54, 1.807) is 0 Å². The number of fused-ring (bicyclic) bond motifs is 4. The molecular formula is C17H23NO7. The lowest BCUT2D eigenvalue weighted by Crippen LogP contribution is -2.48. The largest absolute Gasteiger partial charge is 0.487 e. The number of benzene rings is 1. The second-order valence-corrected chi connectivity index (χ2v) is 6.76. The van der Waals surface area contributed by atoms with Gasteiger partial charge in [-0.3, -0.25) is 0 Å². The van der Waals surface area contributed by atoms with Crippen LogP contribution in [0.5, 0.6) is 5.75 Å². The van der Waals surface area contributed by atoms with E-state index in [9.17, 15) is 9.59 Å². The molecule has 0 saturated heterocycles. The lowest BCUT2D eigenvalue weighted by Gasteiger charge is -2.46. The molecule has 1 aliphatic heterocycles. The number of rotatable bonds is 3. The summed E-state index contributed by atoms with van der Waals surface area (Å²) in [7, 11) is 0. The fourth-order valence-corrected chi connectivity index (χ4v) is 3.46. The normalized spacial score (nSPS) is 29.1. The van der Waals surface area contributed by atoms with Crippen molar-refractivity contribution in [1.29, 1.82) is 0 Å². The Kier molecular flexibility index (Phi) is 5.66.